The molecule has 0 amide bonds. The molecule has 112 valence electrons. The van der Waals surface area contributed by atoms with E-state index >= 15 is 0 Å². The van der Waals surface area contributed by atoms with Gasteiger partial charge in [0.25, 0.3) is 0 Å². The maximum atomic E-state index is 13.8. The van der Waals surface area contributed by atoms with E-state index in [1.54, 1.807) is 12.1 Å². The van der Waals surface area contributed by atoms with Crippen LogP contribution in [-0.2, 0) is 13.2 Å². The second-order valence-electron chi connectivity index (χ2n) is 4.55. The van der Waals surface area contributed by atoms with Crippen LogP contribution in [0.2, 0.25) is 5.02 Å². The van der Waals surface area contributed by atoms with Crippen LogP contribution in [-0.4, -0.2) is 6.54 Å². The molecule has 0 spiro atoms. The molecule has 0 radical (unpaired) electrons. The van der Waals surface area contributed by atoms with Crippen LogP contribution >= 0.6 is 27.5 Å². The molecule has 0 heterocycles. The Bertz CT molecular complexity index is 621. The fourth-order valence-electron chi connectivity index (χ4n) is 1.86. The molecule has 5 heteroatoms. The quantitative estimate of drug-likeness (QED) is 0.776. The average Bonchev–Trinajstić information content (AvgIpc) is 2.48. The summed E-state index contributed by atoms with van der Waals surface area (Å²) in [5, 5.41) is 3.36. The number of hydrogen-bond acceptors (Lipinski definition) is 2. The van der Waals surface area contributed by atoms with Crippen LogP contribution in [0.5, 0.6) is 5.75 Å². The van der Waals surface area contributed by atoms with E-state index < -0.39 is 5.82 Å². The number of halogens is 3. The molecule has 2 rings (SSSR count). The molecule has 2 aromatic rings. The van der Waals surface area contributed by atoms with Crippen LogP contribution in [0.15, 0.2) is 40.9 Å². The zero-order chi connectivity index (χ0) is 15.2. The molecule has 0 aliphatic heterocycles. The molecule has 1 N–H and O–H groups in total. The van der Waals surface area contributed by atoms with Crippen molar-refractivity contribution in [3.8, 4) is 5.75 Å². The van der Waals surface area contributed by atoms with Crippen molar-refractivity contribution in [2.24, 2.45) is 0 Å². The van der Waals surface area contributed by atoms with Gasteiger partial charge in [-0.1, -0.05) is 36.7 Å². The summed E-state index contributed by atoms with van der Waals surface area (Å²) in [4.78, 5) is 0. The predicted octanol–water partition coefficient (Wildman–Crippen LogP) is 4.93. The molecule has 0 saturated carbocycles. The third-order valence-electron chi connectivity index (χ3n) is 2.99. The lowest BCUT2D eigenvalue weighted by Gasteiger charge is -2.11. The number of ether oxygens (including phenoxy) is 1. The van der Waals surface area contributed by atoms with Gasteiger partial charge in [-0.2, -0.15) is 0 Å². The van der Waals surface area contributed by atoms with Gasteiger partial charge in [-0.05, 0) is 46.2 Å². The third-order valence-corrected chi connectivity index (χ3v) is 3.90. The van der Waals surface area contributed by atoms with Crippen molar-refractivity contribution in [3.63, 3.8) is 0 Å². The highest BCUT2D eigenvalue weighted by Crippen LogP contribution is 2.27. The van der Waals surface area contributed by atoms with E-state index in [4.69, 9.17) is 16.3 Å². The topological polar surface area (TPSA) is 21.3 Å². The van der Waals surface area contributed by atoms with E-state index in [9.17, 15) is 4.39 Å². The monoisotopic (exact) mass is 371 g/mol. The number of nitrogens with one attached hydrogen (secondary N) is 1. The van der Waals surface area contributed by atoms with Crippen molar-refractivity contribution in [1.82, 2.24) is 5.32 Å². The lowest BCUT2D eigenvalue weighted by molar-refractivity contribution is 0.298. The van der Waals surface area contributed by atoms with Crippen molar-refractivity contribution >= 4 is 27.5 Å². The van der Waals surface area contributed by atoms with Gasteiger partial charge in [0.1, 0.15) is 18.2 Å². The Balaban J connectivity index is 2.04. The van der Waals surface area contributed by atoms with Crippen molar-refractivity contribution < 1.29 is 9.13 Å². The Labute approximate surface area is 137 Å². The fraction of sp³-hybridized carbons (Fsp3) is 0.250. The smallest absolute Gasteiger partial charge is 0.148 e. The molecule has 0 aliphatic carbocycles. The van der Waals surface area contributed by atoms with Crippen LogP contribution in [0, 0.1) is 5.82 Å². The molecular weight excluding hydrogens is 357 g/mol. The molecule has 2 nitrogen and oxygen atoms in total. The van der Waals surface area contributed by atoms with Gasteiger partial charge in [-0.25, -0.2) is 4.39 Å². The third kappa shape index (κ3) is 4.43. The average molecular weight is 373 g/mol. The minimum atomic E-state index is -0.431. The van der Waals surface area contributed by atoms with Gasteiger partial charge >= 0.3 is 0 Å². The largest absolute Gasteiger partial charge is 0.488 e. The van der Waals surface area contributed by atoms with Crippen LogP contribution in [0.3, 0.4) is 0 Å². The first-order valence-corrected chi connectivity index (χ1v) is 7.83. The fourth-order valence-corrected chi connectivity index (χ4v) is 2.59. The molecule has 0 fully saturated rings. The van der Waals surface area contributed by atoms with Crippen LogP contribution < -0.4 is 10.1 Å². The van der Waals surface area contributed by atoms with Crippen LogP contribution in [0.25, 0.3) is 0 Å². The molecule has 0 bridgehead atoms. The molecule has 0 atom stereocenters. The first kappa shape index (κ1) is 16.3. The van der Waals surface area contributed by atoms with E-state index in [2.05, 4.69) is 28.2 Å². The Morgan fingerprint density at radius 2 is 2.10 bits per heavy atom. The van der Waals surface area contributed by atoms with Gasteiger partial charge in [-0.3, -0.25) is 0 Å². The van der Waals surface area contributed by atoms with Crippen molar-refractivity contribution in [3.05, 3.63) is 62.8 Å². The van der Waals surface area contributed by atoms with Crippen molar-refractivity contribution in [2.45, 2.75) is 20.1 Å². The summed E-state index contributed by atoms with van der Waals surface area (Å²) >= 11 is 9.22. The van der Waals surface area contributed by atoms with Crippen LogP contribution in [0.1, 0.15) is 18.1 Å². The highest BCUT2D eigenvalue weighted by molar-refractivity contribution is 9.10. The Hall–Kier alpha value is -1.10. The normalized spacial score (nSPS) is 10.7. The second-order valence-corrected chi connectivity index (χ2v) is 5.81. The number of hydrogen-bond donors (Lipinski definition) is 1. The lowest BCUT2D eigenvalue weighted by Crippen LogP contribution is -2.11. The summed E-state index contributed by atoms with van der Waals surface area (Å²) < 4.78 is 20.3. The highest BCUT2D eigenvalue weighted by atomic mass is 79.9. The summed E-state index contributed by atoms with van der Waals surface area (Å²) in [5.74, 6) is 0.244. The van der Waals surface area contributed by atoms with Crippen molar-refractivity contribution in [1.29, 1.82) is 0 Å². The van der Waals surface area contributed by atoms with Gasteiger partial charge in [-0.15, -0.1) is 0 Å². The molecule has 0 unspecified atom stereocenters. The summed E-state index contributed by atoms with van der Waals surface area (Å²) in [6.07, 6.45) is 0. The van der Waals surface area contributed by atoms with E-state index in [0.29, 0.717) is 11.3 Å². The van der Waals surface area contributed by atoms with Crippen LogP contribution in [0.4, 0.5) is 4.39 Å². The van der Waals surface area contributed by atoms with Gasteiger partial charge in [0.2, 0.25) is 0 Å². The maximum Gasteiger partial charge on any atom is 0.148 e. The molecule has 0 aliphatic rings. The Kier molecular flexibility index (Phi) is 6.03. The molecule has 21 heavy (non-hydrogen) atoms. The van der Waals surface area contributed by atoms with Crippen molar-refractivity contribution in [2.75, 3.05) is 6.54 Å². The van der Waals surface area contributed by atoms with E-state index in [-0.39, 0.29) is 11.6 Å². The SMILES string of the molecule is CCNCc1ccc(OCc2cccc(Cl)c2F)c(Br)c1. The standard InChI is InChI=1S/C16H16BrClFNO/c1-2-20-9-11-6-7-15(13(17)8-11)21-10-12-4-3-5-14(18)16(12)19/h3-8,20H,2,9-10H2,1H3. The summed E-state index contributed by atoms with van der Waals surface area (Å²) in [6.45, 7) is 3.92. The van der Waals surface area contributed by atoms with Gasteiger partial charge < -0.3 is 10.1 Å². The summed E-state index contributed by atoms with van der Waals surface area (Å²) in [6, 6.07) is 10.7. The van der Waals surface area contributed by atoms with Gasteiger partial charge in [0.05, 0.1) is 9.50 Å². The molecule has 2 aromatic carbocycles. The van der Waals surface area contributed by atoms with E-state index in [1.165, 1.54) is 6.07 Å². The zero-order valence-electron chi connectivity index (χ0n) is 11.6. The highest BCUT2D eigenvalue weighted by Gasteiger charge is 2.08. The first-order chi connectivity index (χ1) is 10.1. The van der Waals surface area contributed by atoms with E-state index in [0.717, 1.165) is 23.1 Å². The maximum absolute atomic E-state index is 13.8. The Morgan fingerprint density at radius 3 is 2.81 bits per heavy atom. The minimum Gasteiger partial charge on any atom is -0.488 e. The molecular formula is C16H16BrClFNO. The van der Waals surface area contributed by atoms with E-state index in [1.807, 2.05) is 18.2 Å². The Morgan fingerprint density at radius 1 is 1.29 bits per heavy atom. The minimum absolute atomic E-state index is 0.108. The number of rotatable bonds is 6. The molecule has 0 aromatic heterocycles. The number of benzene rings is 2. The summed E-state index contributed by atoms with van der Waals surface area (Å²) in [7, 11) is 0. The second kappa shape index (κ2) is 7.78. The van der Waals surface area contributed by atoms with Gasteiger partial charge in [0, 0.05) is 12.1 Å². The first-order valence-electron chi connectivity index (χ1n) is 6.66. The summed E-state index contributed by atoms with van der Waals surface area (Å²) in [5.41, 5.74) is 1.59. The van der Waals surface area contributed by atoms with Gasteiger partial charge in [0.15, 0.2) is 0 Å². The zero-order valence-corrected chi connectivity index (χ0v) is 14.0. The lowest BCUT2D eigenvalue weighted by atomic mass is 10.2. The predicted molar refractivity (Wildman–Crippen MR) is 87.3 cm³/mol. The molecule has 0 saturated heterocycles.